The number of thiol groups is 3. The van der Waals surface area contributed by atoms with Crippen LogP contribution >= 0.6 is 37.9 Å². The van der Waals surface area contributed by atoms with Gasteiger partial charge in [-0.2, -0.15) is 0 Å². The number of rotatable bonds is 2. The Balaban J connectivity index is 2.23. The van der Waals surface area contributed by atoms with Gasteiger partial charge in [-0.25, -0.2) is 0 Å². The third kappa shape index (κ3) is 3.14. The number of benzene rings is 2. The Labute approximate surface area is 111 Å². The van der Waals surface area contributed by atoms with Crippen LogP contribution in [0.5, 0.6) is 11.5 Å². The molecule has 0 saturated carbocycles. The minimum atomic E-state index is 0.726. The summed E-state index contributed by atoms with van der Waals surface area (Å²) < 4.78 is 5.66. The molecule has 0 N–H and O–H groups in total. The zero-order chi connectivity index (χ0) is 11.5. The van der Waals surface area contributed by atoms with Gasteiger partial charge in [-0.1, -0.05) is 0 Å². The predicted octanol–water partition coefficient (Wildman–Crippen LogP) is 4.35. The lowest BCUT2D eigenvalue weighted by molar-refractivity contribution is 0.479. The van der Waals surface area contributed by atoms with E-state index in [1.807, 2.05) is 42.5 Å². The van der Waals surface area contributed by atoms with Crippen molar-refractivity contribution in [2.75, 3.05) is 0 Å². The molecule has 0 amide bonds. The molecular weight excluding hydrogens is 256 g/mol. The summed E-state index contributed by atoms with van der Waals surface area (Å²) in [5.74, 6) is 1.49. The molecule has 0 radical (unpaired) electrons. The molecule has 0 saturated heterocycles. The van der Waals surface area contributed by atoms with E-state index in [9.17, 15) is 0 Å². The number of hydrogen-bond acceptors (Lipinski definition) is 4. The lowest BCUT2D eigenvalue weighted by Gasteiger charge is -2.07. The van der Waals surface area contributed by atoms with Gasteiger partial charge >= 0.3 is 0 Å². The summed E-state index contributed by atoms with van der Waals surface area (Å²) in [4.78, 5) is 2.56. The summed E-state index contributed by atoms with van der Waals surface area (Å²) in [6.07, 6.45) is 0. The van der Waals surface area contributed by atoms with E-state index >= 15 is 0 Å². The van der Waals surface area contributed by atoms with Gasteiger partial charge in [0, 0.05) is 14.7 Å². The largest absolute Gasteiger partial charge is 0.457 e. The Morgan fingerprint density at radius 1 is 0.625 bits per heavy atom. The fourth-order valence-electron chi connectivity index (χ4n) is 1.28. The van der Waals surface area contributed by atoms with Gasteiger partial charge in [-0.05, 0) is 42.5 Å². The topological polar surface area (TPSA) is 9.23 Å². The van der Waals surface area contributed by atoms with Crippen LogP contribution in [0.25, 0.3) is 0 Å². The van der Waals surface area contributed by atoms with E-state index in [1.165, 1.54) is 0 Å². The normalized spacial score (nSPS) is 10.2. The van der Waals surface area contributed by atoms with Gasteiger partial charge in [0.05, 0.1) is 0 Å². The highest BCUT2D eigenvalue weighted by Gasteiger charge is 1.99. The molecule has 0 atom stereocenters. The highest BCUT2D eigenvalue weighted by atomic mass is 32.1. The molecule has 0 spiro atoms. The Kier molecular flexibility index (Phi) is 3.74. The summed E-state index contributed by atoms with van der Waals surface area (Å²) in [5.41, 5.74) is 0. The van der Waals surface area contributed by atoms with E-state index in [0.29, 0.717) is 0 Å². The minimum absolute atomic E-state index is 0.726. The SMILES string of the molecule is Sc1ccc(Oc2cc(S)cc(S)c2)cc1. The average molecular weight is 266 g/mol. The molecule has 4 heteroatoms. The van der Waals surface area contributed by atoms with Crippen LogP contribution < -0.4 is 4.74 Å². The maximum atomic E-state index is 5.66. The fourth-order valence-corrected chi connectivity index (χ4v) is 2.06. The second-order valence-electron chi connectivity index (χ2n) is 3.28. The molecule has 0 aliphatic carbocycles. The Morgan fingerprint density at radius 3 is 1.75 bits per heavy atom. The van der Waals surface area contributed by atoms with Crippen molar-refractivity contribution in [2.24, 2.45) is 0 Å². The summed E-state index contributed by atoms with van der Waals surface area (Å²) in [5, 5.41) is 0. The van der Waals surface area contributed by atoms with Crippen LogP contribution in [-0.2, 0) is 0 Å². The van der Waals surface area contributed by atoms with Gasteiger partial charge in [0.25, 0.3) is 0 Å². The van der Waals surface area contributed by atoms with E-state index in [-0.39, 0.29) is 0 Å². The first kappa shape index (κ1) is 11.8. The fraction of sp³-hybridized carbons (Fsp3) is 0. The van der Waals surface area contributed by atoms with Crippen molar-refractivity contribution in [1.29, 1.82) is 0 Å². The molecule has 2 aromatic rings. The zero-order valence-corrected chi connectivity index (χ0v) is 11.0. The second kappa shape index (κ2) is 5.08. The predicted molar refractivity (Wildman–Crippen MR) is 74.7 cm³/mol. The van der Waals surface area contributed by atoms with Crippen LogP contribution in [0.4, 0.5) is 0 Å². The van der Waals surface area contributed by atoms with Gasteiger partial charge in [0.2, 0.25) is 0 Å². The van der Waals surface area contributed by atoms with Crippen LogP contribution in [0.2, 0.25) is 0 Å². The molecule has 0 bridgehead atoms. The smallest absolute Gasteiger partial charge is 0.129 e. The van der Waals surface area contributed by atoms with Crippen LogP contribution in [0, 0.1) is 0 Å². The molecule has 0 unspecified atom stereocenters. The van der Waals surface area contributed by atoms with Gasteiger partial charge in [0.1, 0.15) is 11.5 Å². The van der Waals surface area contributed by atoms with Crippen molar-refractivity contribution in [2.45, 2.75) is 14.7 Å². The Morgan fingerprint density at radius 2 is 1.19 bits per heavy atom. The first-order chi connectivity index (χ1) is 7.63. The molecular formula is C12H10OS3. The molecule has 0 aliphatic heterocycles. The Hall–Kier alpha value is -0.710. The van der Waals surface area contributed by atoms with Gasteiger partial charge in [-0.3, -0.25) is 0 Å². The summed E-state index contributed by atoms with van der Waals surface area (Å²) in [6.45, 7) is 0. The van der Waals surface area contributed by atoms with Crippen molar-refractivity contribution in [3.05, 3.63) is 42.5 Å². The van der Waals surface area contributed by atoms with Gasteiger partial charge in [0.15, 0.2) is 0 Å². The molecule has 16 heavy (non-hydrogen) atoms. The molecule has 0 aliphatic rings. The highest BCUT2D eigenvalue weighted by Crippen LogP contribution is 2.27. The second-order valence-corrected chi connectivity index (χ2v) is 4.83. The van der Waals surface area contributed by atoms with Crippen molar-refractivity contribution in [3.63, 3.8) is 0 Å². The lowest BCUT2D eigenvalue weighted by Crippen LogP contribution is -1.84. The van der Waals surface area contributed by atoms with Crippen LogP contribution in [-0.4, -0.2) is 0 Å². The van der Waals surface area contributed by atoms with Crippen molar-refractivity contribution < 1.29 is 4.74 Å². The molecule has 82 valence electrons. The van der Waals surface area contributed by atoms with E-state index in [2.05, 4.69) is 37.9 Å². The highest BCUT2D eigenvalue weighted by molar-refractivity contribution is 7.81. The van der Waals surface area contributed by atoms with Gasteiger partial charge in [-0.15, -0.1) is 37.9 Å². The quantitative estimate of drug-likeness (QED) is 0.685. The van der Waals surface area contributed by atoms with E-state index < -0.39 is 0 Å². The monoisotopic (exact) mass is 266 g/mol. The minimum Gasteiger partial charge on any atom is -0.457 e. The van der Waals surface area contributed by atoms with Crippen LogP contribution in [0.1, 0.15) is 0 Å². The third-order valence-corrected chi connectivity index (χ3v) is 2.76. The maximum absolute atomic E-state index is 5.66. The van der Waals surface area contributed by atoms with Crippen molar-refractivity contribution in [3.8, 4) is 11.5 Å². The number of ether oxygens (including phenoxy) is 1. The van der Waals surface area contributed by atoms with Crippen molar-refractivity contribution in [1.82, 2.24) is 0 Å². The average Bonchev–Trinajstić information content (AvgIpc) is 2.20. The number of hydrogen-bond donors (Lipinski definition) is 3. The molecule has 2 rings (SSSR count). The first-order valence-electron chi connectivity index (χ1n) is 4.63. The van der Waals surface area contributed by atoms with E-state index in [4.69, 9.17) is 4.74 Å². The molecule has 1 nitrogen and oxygen atoms in total. The summed E-state index contributed by atoms with van der Waals surface area (Å²) >= 11 is 12.7. The molecule has 0 heterocycles. The van der Waals surface area contributed by atoms with Crippen LogP contribution in [0.3, 0.4) is 0 Å². The van der Waals surface area contributed by atoms with E-state index in [1.54, 1.807) is 0 Å². The lowest BCUT2D eigenvalue weighted by atomic mass is 10.3. The molecule has 0 aromatic heterocycles. The van der Waals surface area contributed by atoms with Crippen LogP contribution in [0.15, 0.2) is 57.2 Å². The molecule has 2 aromatic carbocycles. The van der Waals surface area contributed by atoms with Gasteiger partial charge < -0.3 is 4.74 Å². The molecule has 0 fully saturated rings. The van der Waals surface area contributed by atoms with E-state index in [0.717, 1.165) is 26.2 Å². The maximum Gasteiger partial charge on any atom is 0.129 e. The summed E-state index contributed by atoms with van der Waals surface area (Å²) in [7, 11) is 0. The standard InChI is InChI=1S/C12H10OS3/c14-10-3-1-8(2-4-10)13-9-5-11(15)7-12(16)6-9/h1-7,14-16H. The zero-order valence-electron chi connectivity index (χ0n) is 8.29. The first-order valence-corrected chi connectivity index (χ1v) is 5.97. The summed E-state index contributed by atoms with van der Waals surface area (Å²) in [6, 6.07) is 13.0. The van der Waals surface area contributed by atoms with Crippen molar-refractivity contribution >= 4 is 37.9 Å². The Bertz CT molecular complexity index is 474. The third-order valence-electron chi connectivity index (χ3n) is 1.95.